The van der Waals surface area contributed by atoms with E-state index in [0.717, 1.165) is 37.9 Å². The minimum absolute atomic E-state index is 0.500. The quantitative estimate of drug-likeness (QED) is 0.780. The first-order valence-electron chi connectivity index (χ1n) is 5.63. The number of piperidine rings is 1. The van der Waals surface area contributed by atoms with Gasteiger partial charge in [-0.05, 0) is 39.0 Å². The van der Waals surface area contributed by atoms with Gasteiger partial charge in [0.1, 0.15) is 0 Å². The molecular weight excluding hydrogens is 202 g/mol. The lowest BCUT2D eigenvalue weighted by molar-refractivity contribution is 0.112. The number of aldehydes is 1. The first-order valence-corrected chi connectivity index (χ1v) is 5.63. The SMILES string of the molecule is CN1CCC(Nc2cncc(C=O)c2)CC1. The maximum absolute atomic E-state index is 10.6. The van der Waals surface area contributed by atoms with Crippen LogP contribution in [0.25, 0.3) is 0 Å². The van der Waals surface area contributed by atoms with Crippen LogP contribution in [-0.4, -0.2) is 42.3 Å². The van der Waals surface area contributed by atoms with Gasteiger partial charge >= 0.3 is 0 Å². The van der Waals surface area contributed by atoms with Crippen molar-refractivity contribution in [1.29, 1.82) is 0 Å². The van der Waals surface area contributed by atoms with Crippen molar-refractivity contribution in [2.75, 3.05) is 25.5 Å². The first-order chi connectivity index (χ1) is 7.78. The number of hydrogen-bond donors (Lipinski definition) is 1. The molecule has 1 aromatic heterocycles. The molecule has 1 saturated heterocycles. The van der Waals surface area contributed by atoms with Crippen molar-refractivity contribution in [2.45, 2.75) is 18.9 Å². The van der Waals surface area contributed by atoms with Crippen LogP contribution in [-0.2, 0) is 0 Å². The van der Waals surface area contributed by atoms with E-state index in [1.165, 1.54) is 0 Å². The number of carbonyl (C=O) groups excluding carboxylic acids is 1. The molecule has 2 heterocycles. The van der Waals surface area contributed by atoms with Gasteiger partial charge in [-0.3, -0.25) is 9.78 Å². The van der Waals surface area contributed by atoms with Crippen LogP contribution in [0.15, 0.2) is 18.5 Å². The van der Waals surface area contributed by atoms with E-state index in [9.17, 15) is 4.79 Å². The highest BCUT2D eigenvalue weighted by atomic mass is 16.1. The average molecular weight is 219 g/mol. The number of anilines is 1. The molecule has 0 amide bonds. The number of nitrogens with zero attached hydrogens (tertiary/aromatic N) is 2. The summed E-state index contributed by atoms with van der Waals surface area (Å²) in [4.78, 5) is 17.0. The molecule has 0 saturated carbocycles. The maximum atomic E-state index is 10.6. The van der Waals surface area contributed by atoms with Gasteiger partial charge in [-0.25, -0.2) is 0 Å². The van der Waals surface area contributed by atoms with Gasteiger partial charge in [-0.2, -0.15) is 0 Å². The standard InChI is InChI=1S/C12H17N3O/c1-15-4-2-11(3-5-15)14-12-6-10(9-16)7-13-8-12/h6-9,11,14H,2-5H2,1H3. The molecule has 1 aliphatic heterocycles. The molecule has 1 fully saturated rings. The van der Waals surface area contributed by atoms with E-state index < -0.39 is 0 Å². The number of nitrogens with one attached hydrogen (secondary N) is 1. The number of carbonyl (C=O) groups is 1. The van der Waals surface area contributed by atoms with E-state index in [-0.39, 0.29) is 0 Å². The molecule has 0 aliphatic carbocycles. The molecule has 0 aromatic carbocycles. The van der Waals surface area contributed by atoms with Crippen LogP contribution >= 0.6 is 0 Å². The molecule has 0 radical (unpaired) electrons. The Labute approximate surface area is 95.7 Å². The van der Waals surface area contributed by atoms with Gasteiger partial charge < -0.3 is 10.2 Å². The number of pyridine rings is 1. The lowest BCUT2D eigenvalue weighted by Gasteiger charge is -2.30. The van der Waals surface area contributed by atoms with Gasteiger partial charge in [0.15, 0.2) is 6.29 Å². The van der Waals surface area contributed by atoms with E-state index >= 15 is 0 Å². The second-order valence-electron chi connectivity index (χ2n) is 4.35. The Balaban J connectivity index is 1.95. The predicted octanol–water partition coefficient (Wildman–Crippen LogP) is 1.40. The molecular formula is C12H17N3O. The lowest BCUT2D eigenvalue weighted by atomic mass is 10.1. The number of hydrogen-bond acceptors (Lipinski definition) is 4. The smallest absolute Gasteiger partial charge is 0.151 e. The van der Waals surface area contributed by atoms with Crippen LogP contribution in [0.2, 0.25) is 0 Å². The number of likely N-dealkylation sites (tertiary alicyclic amines) is 1. The lowest BCUT2D eigenvalue weighted by Crippen LogP contribution is -2.36. The second-order valence-corrected chi connectivity index (χ2v) is 4.35. The fraction of sp³-hybridized carbons (Fsp3) is 0.500. The Bertz CT molecular complexity index is 359. The van der Waals surface area contributed by atoms with Gasteiger partial charge in [0.05, 0.1) is 5.69 Å². The van der Waals surface area contributed by atoms with Crippen LogP contribution in [0, 0.1) is 0 Å². The zero-order chi connectivity index (χ0) is 11.4. The zero-order valence-corrected chi connectivity index (χ0v) is 9.52. The summed E-state index contributed by atoms with van der Waals surface area (Å²) in [5.74, 6) is 0. The summed E-state index contributed by atoms with van der Waals surface area (Å²) < 4.78 is 0. The minimum atomic E-state index is 0.500. The molecule has 0 bridgehead atoms. The summed E-state index contributed by atoms with van der Waals surface area (Å²) in [5, 5.41) is 3.43. The Kier molecular flexibility index (Phi) is 3.51. The Morgan fingerprint density at radius 3 is 2.88 bits per heavy atom. The topological polar surface area (TPSA) is 45.2 Å². The average Bonchev–Trinajstić information content (AvgIpc) is 2.32. The van der Waals surface area contributed by atoms with Gasteiger partial charge in [0, 0.05) is 24.0 Å². The third-order valence-corrected chi connectivity index (χ3v) is 2.98. The van der Waals surface area contributed by atoms with Gasteiger partial charge in [0.25, 0.3) is 0 Å². The summed E-state index contributed by atoms with van der Waals surface area (Å²) in [6.45, 7) is 2.25. The second kappa shape index (κ2) is 5.07. The third kappa shape index (κ3) is 2.79. The van der Waals surface area contributed by atoms with E-state index in [4.69, 9.17) is 0 Å². The normalized spacial score (nSPS) is 18.3. The van der Waals surface area contributed by atoms with Gasteiger partial charge in [-0.15, -0.1) is 0 Å². The van der Waals surface area contributed by atoms with Crippen molar-refractivity contribution < 1.29 is 4.79 Å². The number of aromatic nitrogens is 1. The predicted molar refractivity (Wildman–Crippen MR) is 63.8 cm³/mol. The highest BCUT2D eigenvalue weighted by Crippen LogP contribution is 2.15. The molecule has 16 heavy (non-hydrogen) atoms. The molecule has 86 valence electrons. The van der Waals surface area contributed by atoms with E-state index in [1.807, 2.05) is 6.07 Å². The Morgan fingerprint density at radius 1 is 1.44 bits per heavy atom. The van der Waals surface area contributed by atoms with Crippen molar-refractivity contribution in [3.63, 3.8) is 0 Å². The van der Waals surface area contributed by atoms with Crippen LogP contribution in [0.1, 0.15) is 23.2 Å². The molecule has 0 unspecified atom stereocenters. The maximum Gasteiger partial charge on any atom is 0.151 e. The molecule has 1 N–H and O–H groups in total. The molecule has 4 nitrogen and oxygen atoms in total. The molecule has 0 spiro atoms. The van der Waals surface area contributed by atoms with Crippen LogP contribution in [0.3, 0.4) is 0 Å². The fourth-order valence-electron chi connectivity index (χ4n) is 1.99. The van der Waals surface area contributed by atoms with E-state index in [1.54, 1.807) is 12.4 Å². The largest absolute Gasteiger partial charge is 0.381 e. The zero-order valence-electron chi connectivity index (χ0n) is 9.52. The van der Waals surface area contributed by atoms with Crippen LogP contribution in [0.4, 0.5) is 5.69 Å². The van der Waals surface area contributed by atoms with Gasteiger partial charge in [0.2, 0.25) is 0 Å². The van der Waals surface area contributed by atoms with Crippen molar-refractivity contribution in [3.8, 4) is 0 Å². The summed E-state index contributed by atoms with van der Waals surface area (Å²) in [6, 6.07) is 2.35. The molecule has 0 atom stereocenters. The van der Waals surface area contributed by atoms with Crippen molar-refractivity contribution in [2.24, 2.45) is 0 Å². The van der Waals surface area contributed by atoms with Crippen molar-refractivity contribution in [1.82, 2.24) is 9.88 Å². The summed E-state index contributed by atoms with van der Waals surface area (Å²) in [6.07, 6.45) is 6.45. The van der Waals surface area contributed by atoms with E-state index in [0.29, 0.717) is 11.6 Å². The van der Waals surface area contributed by atoms with Crippen LogP contribution < -0.4 is 5.32 Å². The Morgan fingerprint density at radius 2 is 2.19 bits per heavy atom. The third-order valence-electron chi connectivity index (χ3n) is 2.98. The van der Waals surface area contributed by atoms with Gasteiger partial charge in [-0.1, -0.05) is 0 Å². The van der Waals surface area contributed by atoms with Crippen LogP contribution in [0.5, 0.6) is 0 Å². The Hall–Kier alpha value is -1.42. The molecule has 1 aromatic rings. The molecule has 1 aliphatic rings. The monoisotopic (exact) mass is 219 g/mol. The van der Waals surface area contributed by atoms with Crippen molar-refractivity contribution in [3.05, 3.63) is 24.0 Å². The minimum Gasteiger partial charge on any atom is -0.381 e. The first kappa shape index (κ1) is 11.1. The summed E-state index contributed by atoms with van der Waals surface area (Å²) in [5.41, 5.74) is 1.57. The highest BCUT2D eigenvalue weighted by Gasteiger charge is 2.16. The van der Waals surface area contributed by atoms with E-state index in [2.05, 4.69) is 22.2 Å². The summed E-state index contributed by atoms with van der Waals surface area (Å²) in [7, 11) is 2.14. The fourth-order valence-corrected chi connectivity index (χ4v) is 1.99. The van der Waals surface area contributed by atoms with Crippen molar-refractivity contribution >= 4 is 12.0 Å². The summed E-state index contributed by atoms with van der Waals surface area (Å²) >= 11 is 0. The number of rotatable bonds is 3. The molecule has 2 rings (SSSR count). The highest BCUT2D eigenvalue weighted by molar-refractivity contribution is 5.76. The molecule has 4 heteroatoms.